The standard InChI is InChI=1S/C19H24O/c1-12-4-3-5-15(6-12)19(20-2)18-16-8-13-7-14(10-16)11-17(18)9-13/h3-6,13-14,16-17H,7-11H2,1-2H3. The number of allylic oxidation sites excluding steroid dienone is 1. The molecule has 0 spiro atoms. The Morgan fingerprint density at radius 2 is 1.65 bits per heavy atom. The van der Waals surface area contributed by atoms with Gasteiger partial charge in [0.05, 0.1) is 7.11 Å². The number of rotatable bonds is 2. The van der Waals surface area contributed by atoms with Crippen molar-refractivity contribution >= 4 is 5.76 Å². The molecule has 20 heavy (non-hydrogen) atoms. The lowest BCUT2D eigenvalue weighted by Crippen LogP contribution is -2.40. The van der Waals surface area contributed by atoms with Crippen molar-refractivity contribution in [3.63, 3.8) is 0 Å². The van der Waals surface area contributed by atoms with Crippen molar-refractivity contribution in [2.45, 2.75) is 39.0 Å². The summed E-state index contributed by atoms with van der Waals surface area (Å²) in [6.07, 6.45) is 7.18. The zero-order chi connectivity index (χ0) is 13.7. The van der Waals surface area contributed by atoms with Crippen LogP contribution < -0.4 is 0 Å². The van der Waals surface area contributed by atoms with Gasteiger partial charge in [0.1, 0.15) is 5.76 Å². The second kappa shape index (κ2) is 4.65. The van der Waals surface area contributed by atoms with E-state index in [0.29, 0.717) is 0 Å². The highest BCUT2D eigenvalue weighted by molar-refractivity contribution is 5.65. The van der Waals surface area contributed by atoms with Crippen LogP contribution in [0.5, 0.6) is 0 Å². The molecule has 4 aliphatic rings. The van der Waals surface area contributed by atoms with Gasteiger partial charge in [-0.25, -0.2) is 0 Å². The minimum Gasteiger partial charge on any atom is -0.496 e. The van der Waals surface area contributed by atoms with Crippen molar-refractivity contribution in [1.29, 1.82) is 0 Å². The molecule has 1 heteroatoms. The van der Waals surface area contributed by atoms with E-state index < -0.39 is 0 Å². The first kappa shape index (κ1) is 12.5. The molecule has 4 aliphatic carbocycles. The molecule has 0 unspecified atom stereocenters. The molecule has 0 atom stereocenters. The number of hydrogen-bond acceptors (Lipinski definition) is 1. The fourth-order valence-corrected chi connectivity index (χ4v) is 5.25. The molecule has 0 aliphatic heterocycles. The predicted octanol–water partition coefficient (Wildman–Crippen LogP) is 4.81. The summed E-state index contributed by atoms with van der Waals surface area (Å²) in [5.41, 5.74) is 4.27. The third-order valence-corrected chi connectivity index (χ3v) is 5.76. The molecule has 0 heterocycles. The highest BCUT2D eigenvalue weighted by Gasteiger charge is 2.46. The van der Waals surface area contributed by atoms with Crippen LogP contribution in [0.25, 0.3) is 5.76 Å². The van der Waals surface area contributed by atoms with Gasteiger partial charge in [0.25, 0.3) is 0 Å². The van der Waals surface area contributed by atoms with Gasteiger partial charge < -0.3 is 4.74 Å². The molecule has 1 nitrogen and oxygen atoms in total. The Kier molecular flexibility index (Phi) is 2.90. The Hall–Kier alpha value is -1.24. The maximum absolute atomic E-state index is 5.90. The third-order valence-electron chi connectivity index (χ3n) is 5.76. The molecular formula is C19H24O. The smallest absolute Gasteiger partial charge is 0.125 e. The van der Waals surface area contributed by atoms with Gasteiger partial charge in [-0.3, -0.25) is 0 Å². The highest BCUT2D eigenvalue weighted by atomic mass is 16.5. The number of ether oxygens (including phenoxy) is 1. The van der Waals surface area contributed by atoms with E-state index in [4.69, 9.17) is 4.74 Å². The molecule has 4 fully saturated rings. The average Bonchev–Trinajstić information content (AvgIpc) is 2.42. The summed E-state index contributed by atoms with van der Waals surface area (Å²) in [5, 5.41) is 0. The Balaban J connectivity index is 1.79. The lowest BCUT2D eigenvalue weighted by molar-refractivity contribution is 0.0675. The van der Waals surface area contributed by atoms with E-state index in [1.54, 1.807) is 5.57 Å². The van der Waals surface area contributed by atoms with Crippen LogP contribution in [0.3, 0.4) is 0 Å². The largest absolute Gasteiger partial charge is 0.496 e. The van der Waals surface area contributed by atoms with Crippen LogP contribution in [0.15, 0.2) is 29.8 Å². The summed E-state index contributed by atoms with van der Waals surface area (Å²) in [5.74, 6) is 4.83. The summed E-state index contributed by atoms with van der Waals surface area (Å²) >= 11 is 0. The van der Waals surface area contributed by atoms with Crippen LogP contribution in [0.4, 0.5) is 0 Å². The average molecular weight is 268 g/mol. The second-order valence-electron chi connectivity index (χ2n) is 7.16. The first-order valence-electron chi connectivity index (χ1n) is 8.09. The normalized spacial score (nSPS) is 34.4. The third kappa shape index (κ3) is 1.90. The first-order chi connectivity index (χ1) is 9.74. The maximum Gasteiger partial charge on any atom is 0.125 e. The second-order valence-corrected chi connectivity index (χ2v) is 7.16. The van der Waals surface area contributed by atoms with E-state index in [1.807, 2.05) is 7.11 Å². The van der Waals surface area contributed by atoms with Crippen molar-refractivity contribution in [3.8, 4) is 0 Å². The fraction of sp³-hybridized carbons (Fsp3) is 0.579. The van der Waals surface area contributed by atoms with Crippen molar-refractivity contribution in [3.05, 3.63) is 41.0 Å². The minimum atomic E-state index is 0.807. The summed E-state index contributed by atoms with van der Waals surface area (Å²) in [6, 6.07) is 8.81. The van der Waals surface area contributed by atoms with E-state index in [1.165, 1.54) is 49.0 Å². The topological polar surface area (TPSA) is 9.23 Å². The van der Waals surface area contributed by atoms with Gasteiger partial charge in [0.2, 0.25) is 0 Å². The SMILES string of the molecule is COC(=C1C2CC3CC(C2)CC1C3)c1cccc(C)c1. The molecule has 0 radical (unpaired) electrons. The van der Waals surface area contributed by atoms with E-state index in [2.05, 4.69) is 31.2 Å². The zero-order valence-corrected chi connectivity index (χ0v) is 12.6. The van der Waals surface area contributed by atoms with E-state index in [9.17, 15) is 0 Å². The maximum atomic E-state index is 5.90. The monoisotopic (exact) mass is 268 g/mol. The van der Waals surface area contributed by atoms with Gasteiger partial charge in [-0.15, -0.1) is 0 Å². The lowest BCUT2D eigenvalue weighted by atomic mass is 9.54. The summed E-state index contributed by atoms with van der Waals surface area (Å²) in [4.78, 5) is 0. The van der Waals surface area contributed by atoms with Gasteiger partial charge in [-0.1, -0.05) is 23.8 Å². The Morgan fingerprint density at radius 1 is 1.00 bits per heavy atom. The fourth-order valence-electron chi connectivity index (χ4n) is 5.25. The van der Waals surface area contributed by atoms with Gasteiger partial charge in [-0.05, 0) is 74.3 Å². The molecule has 1 aromatic carbocycles. The van der Waals surface area contributed by atoms with Gasteiger partial charge >= 0.3 is 0 Å². The van der Waals surface area contributed by atoms with Gasteiger partial charge in [0.15, 0.2) is 0 Å². The number of methoxy groups -OCH3 is 1. The van der Waals surface area contributed by atoms with E-state index in [-0.39, 0.29) is 0 Å². The molecule has 0 aromatic heterocycles. The summed E-state index contributed by atoms with van der Waals surface area (Å²) in [7, 11) is 1.86. The van der Waals surface area contributed by atoms with Crippen LogP contribution in [0.1, 0.15) is 43.2 Å². The van der Waals surface area contributed by atoms with Crippen molar-refractivity contribution in [2.75, 3.05) is 7.11 Å². The van der Waals surface area contributed by atoms with E-state index in [0.717, 1.165) is 23.7 Å². The predicted molar refractivity (Wildman–Crippen MR) is 82.2 cm³/mol. The number of aryl methyl sites for hydroxylation is 1. The molecule has 0 amide bonds. The molecular weight excluding hydrogens is 244 g/mol. The van der Waals surface area contributed by atoms with Crippen LogP contribution in [0.2, 0.25) is 0 Å². The van der Waals surface area contributed by atoms with Crippen LogP contribution in [-0.4, -0.2) is 7.11 Å². The molecule has 0 N–H and O–H groups in total. The summed E-state index contributed by atoms with van der Waals surface area (Å²) in [6.45, 7) is 2.17. The quantitative estimate of drug-likeness (QED) is 0.699. The Labute approximate surface area is 122 Å². The summed E-state index contributed by atoms with van der Waals surface area (Å²) < 4.78 is 5.90. The van der Waals surface area contributed by atoms with Crippen molar-refractivity contribution in [1.82, 2.24) is 0 Å². The molecule has 5 rings (SSSR count). The van der Waals surface area contributed by atoms with Gasteiger partial charge in [0, 0.05) is 5.56 Å². The minimum absolute atomic E-state index is 0.807. The van der Waals surface area contributed by atoms with Gasteiger partial charge in [-0.2, -0.15) is 0 Å². The van der Waals surface area contributed by atoms with E-state index >= 15 is 0 Å². The molecule has 106 valence electrons. The number of benzene rings is 1. The zero-order valence-electron chi connectivity index (χ0n) is 12.6. The molecule has 4 saturated carbocycles. The Bertz CT molecular complexity index is 525. The molecule has 0 saturated heterocycles. The number of hydrogen-bond donors (Lipinski definition) is 0. The Morgan fingerprint density at radius 3 is 2.20 bits per heavy atom. The van der Waals surface area contributed by atoms with Crippen LogP contribution in [0, 0.1) is 30.6 Å². The van der Waals surface area contributed by atoms with Crippen LogP contribution in [-0.2, 0) is 4.74 Å². The van der Waals surface area contributed by atoms with Crippen LogP contribution >= 0.6 is 0 Å². The van der Waals surface area contributed by atoms with Crippen molar-refractivity contribution < 1.29 is 4.74 Å². The van der Waals surface area contributed by atoms with Crippen molar-refractivity contribution in [2.24, 2.45) is 23.7 Å². The highest BCUT2D eigenvalue weighted by Crippen LogP contribution is 2.57. The first-order valence-corrected chi connectivity index (χ1v) is 8.09. The molecule has 4 bridgehead atoms. The lowest BCUT2D eigenvalue weighted by Gasteiger charge is -2.51. The molecule has 1 aromatic rings.